The van der Waals surface area contributed by atoms with Crippen LogP contribution in [-0.4, -0.2) is 30.6 Å². The van der Waals surface area contributed by atoms with Gasteiger partial charge in [-0.2, -0.15) is 4.99 Å². The molecule has 0 aromatic carbocycles. The number of hydrogen-bond acceptors (Lipinski definition) is 3. The van der Waals surface area contributed by atoms with Crippen LogP contribution in [0, 0.1) is 0 Å². The molecular weight excluding hydrogens is 146 g/mol. The predicted octanol–water partition coefficient (Wildman–Crippen LogP) is 0.986. The molecule has 0 saturated heterocycles. The third kappa shape index (κ3) is 6.99. The lowest BCUT2D eigenvalue weighted by atomic mass is 10.3. The maximum Gasteiger partial charge on any atom is 0.433 e. The summed E-state index contributed by atoms with van der Waals surface area (Å²) >= 11 is 0. The molecule has 64 valence electrons. The minimum atomic E-state index is -0.564. The first-order chi connectivity index (χ1) is 5.31. The van der Waals surface area contributed by atoms with Gasteiger partial charge < -0.3 is 9.84 Å². The fourth-order valence-electron chi connectivity index (χ4n) is 0.482. The molecule has 1 N–H and O–H groups in total. The second kappa shape index (κ2) is 7.21. The van der Waals surface area contributed by atoms with Gasteiger partial charge in [-0.25, -0.2) is 4.79 Å². The van der Waals surface area contributed by atoms with E-state index in [2.05, 4.69) is 9.73 Å². The smallest absolute Gasteiger partial charge is 0.433 e. The molecule has 0 aromatic heterocycles. The number of ether oxygens (including phenoxy) is 1. The van der Waals surface area contributed by atoms with Crippen LogP contribution in [0.5, 0.6) is 0 Å². The monoisotopic (exact) mass is 159 g/mol. The lowest BCUT2D eigenvalue weighted by molar-refractivity contribution is 0.163. The zero-order valence-corrected chi connectivity index (χ0v) is 6.62. The number of amides is 1. The highest BCUT2D eigenvalue weighted by atomic mass is 16.5. The molecule has 0 aliphatic heterocycles. The predicted molar refractivity (Wildman–Crippen MR) is 41.8 cm³/mol. The van der Waals surface area contributed by atoms with Gasteiger partial charge in [-0.15, -0.1) is 0 Å². The normalized spacial score (nSPS) is 10.4. The summed E-state index contributed by atoms with van der Waals surface area (Å²) in [5, 5.41) is 8.36. The van der Waals surface area contributed by atoms with E-state index in [0.29, 0.717) is 19.4 Å². The molecule has 0 unspecified atom stereocenters. The number of nitrogens with zero attached hydrogens (tertiary/aromatic N) is 1. The Morgan fingerprint density at radius 3 is 3.00 bits per heavy atom. The topological polar surface area (TPSA) is 58.9 Å². The molecule has 0 rings (SSSR count). The van der Waals surface area contributed by atoms with Crippen LogP contribution in [0.25, 0.3) is 0 Å². The van der Waals surface area contributed by atoms with E-state index in [1.54, 1.807) is 6.92 Å². The van der Waals surface area contributed by atoms with Crippen molar-refractivity contribution in [3.63, 3.8) is 0 Å². The van der Waals surface area contributed by atoms with Crippen molar-refractivity contribution in [2.24, 2.45) is 4.99 Å². The Morgan fingerprint density at radius 1 is 1.73 bits per heavy atom. The van der Waals surface area contributed by atoms with Gasteiger partial charge in [-0.05, 0) is 19.8 Å². The van der Waals surface area contributed by atoms with E-state index >= 15 is 0 Å². The summed E-state index contributed by atoms with van der Waals surface area (Å²) in [6.45, 7) is 2.19. The van der Waals surface area contributed by atoms with Crippen molar-refractivity contribution in [2.75, 3.05) is 13.2 Å². The molecule has 0 radical (unpaired) electrons. The molecule has 0 aromatic rings. The summed E-state index contributed by atoms with van der Waals surface area (Å²) in [4.78, 5) is 14.0. The average molecular weight is 159 g/mol. The van der Waals surface area contributed by atoms with Gasteiger partial charge in [0.05, 0.1) is 6.61 Å². The fourth-order valence-corrected chi connectivity index (χ4v) is 0.482. The number of unbranched alkanes of at least 4 members (excludes halogenated alkanes) is 1. The molecular formula is C7H13NO3. The quantitative estimate of drug-likeness (QED) is 0.491. The van der Waals surface area contributed by atoms with E-state index in [1.807, 2.05) is 0 Å². The first-order valence-electron chi connectivity index (χ1n) is 3.61. The van der Waals surface area contributed by atoms with Crippen LogP contribution in [0.15, 0.2) is 4.99 Å². The van der Waals surface area contributed by atoms with Crippen LogP contribution in [0.4, 0.5) is 4.79 Å². The van der Waals surface area contributed by atoms with Crippen LogP contribution in [-0.2, 0) is 4.74 Å². The van der Waals surface area contributed by atoms with Crippen molar-refractivity contribution in [3.05, 3.63) is 0 Å². The minimum absolute atomic E-state index is 0.120. The van der Waals surface area contributed by atoms with Crippen LogP contribution < -0.4 is 0 Å². The molecule has 1 amide bonds. The van der Waals surface area contributed by atoms with Crippen LogP contribution >= 0.6 is 0 Å². The summed E-state index contributed by atoms with van der Waals surface area (Å²) in [6, 6.07) is 0. The Hall–Kier alpha value is -0.900. The lowest BCUT2D eigenvalue weighted by Gasteiger charge is -1.92. The zero-order valence-electron chi connectivity index (χ0n) is 6.62. The van der Waals surface area contributed by atoms with Gasteiger partial charge >= 0.3 is 6.09 Å². The van der Waals surface area contributed by atoms with E-state index in [9.17, 15) is 4.79 Å². The number of rotatable bonds is 4. The first kappa shape index (κ1) is 10.1. The Labute approximate surface area is 65.9 Å². The van der Waals surface area contributed by atoms with Gasteiger partial charge in [-0.3, -0.25) is 0 Å². The van der Waals surface area contributed by atoms with Crippen LogP contribution in [0.1, 0.15) is 19.8 Å². The molecule has 11 heavy (non-hydrogen) atoms. The third-order valence-corrected chi connectivity index (χ3v) is 0.956. The maximum absolute atomic E-state index is 10.5. The maximum atomic E-state index is 10.5. The van der Waals surface area contributed by atoms with Gasteiger partial charge in [0.1, 0.15) is 0 Å². The molecule has 0 atom stereocenters. The van der Waals surface area contributed by atoms with E-state index < -0.39 is 6.09 Å². The Balaban J connectivity index is 3.32. The second-order valence-electron chi connectivity index (χ2n) is 1.88. The molecule has 4 nitrogen and oxygen atoms in total. The number of carbonyl (C=O) groups is 1. The SMILES string of the molecule is CCOC(=O)N=CCCCO. The third-order valence-electron chi connectivity index (χ3n) is 0.956. The molecule has 0 saturated carbocycles. The van der Waals surface area contributed by atoms with Crippen molar-refractivity contribution < 1.29 is 14.6 Å². The number of carbonyl (C=O) groups excluding carboxylic acids is 1. The molecule has 0 fully saturated rings. The average Bonchev–Trinajstić information content (AvgIpc) is 1.99. The van der Waals surface area contributed by atoms with Gasteiger partial charge in [0.25, 0.3) is 0 Å². The summed E-state index contributed by atoms with van der Waals surface area (Å²) in [7, 11) is 0. The molecule has 0 spiro atoms. The molecule has 0 heterocycles. The van der Waals surface area contributed by atoms with Crippen molar-refractivity contribution in [1.82, 2.24) is 0 Å². The van der Waals surface area contributed by atoms with Gasteiger partial charge in [0, 0.05) is 12.8 Å². The zero-order chi connectivity index (χ0) is 8.53. The number of aliphatic imine (C=N–C) groups is 1. The summed E-state index contributed by atoms with van der Waals surface area (Å²) < 4.78 is 4.52. The molecule has 0 aliphatic rings. The highest BCUT2D eigenvalue weighted by Gasteiger charge is 1.92. The van der Waals surface area contributed by atoms with E-state index in [-0.39, 0.29) is 6.61 Å². The largest absolute Gasteiger partial charge is 0.448 e. The fraction of sp³-hybridized carbons (Fsp3) is 0.714. The second-order valence-corrected chi connectivity index (χ2v) is 1.88. The summed E-state index contributed by atoms with van der Waals surface area (Å²) in [5.41, 5.74) is 0. The minimum Gasteiger partial charge on any atom is -0.448 e. The highest BCUT2D eigenvalue weighted by Crippen LogP contribution is 1.85. The Bertz CT molecular complexity index is 134. The highest BCUT2D eigenvalue weighted by molar-refractivity contribution is 5.79. The van der Waals surface area contributed by atoms with Crippen molar-refractivity contribution >= 4 is 12.3 Å². The van der Waals surface area contributed by atoms with Gasteiger partial charge in [0.15, 0.2) is 0 Å². The Kier molecular flexibility index (Phi) is 6.62. The number of hydrogen-bond donors (Lipinski definition) is 1. The van der Waals surface area contributed by atoms with Gasteiger partial charge in [0.2, 0.25) is 0 Å². The summed E-state index contributed by atoms with van der Waals surface area (Å²) in [6.07, 6.45) is 2.12. The molecule has 0 bridgehead atoms. The lowest BCUT2D eigenvalue weighted by Crippen LogP contribution is -1.97. The van der Waals surface area contributed by atoms with Crippen molar-refractivity contribution in [3.8, 4) is 0 Å². The van der Waals surface area contributed by atoms with Crippen LogP contribution in [0.3, 0.4) is 0 Å². The number of aliphatic hydroxyl groups is 1. The number of aliphatic hydroxyl groups excluding tert-OH is 1. The Morgan fingerprint density at radius 2 is 2.45 bits per heavy atom. The molecule has 0 aliphatic carbocycles. The first-order valence-corrected chi connectivity index (χ1v) is 3.61. The standard InChI is InChI=1S/C7H13NO3/c1-2-11-7(10)8-5-3-4-6-9/h5,9H,2-4,6H2,1H3. The molecule has 4 heteroatoms. The van der Waals surface area contributed by atoms with Crippen molar-refractivity contribution in [2.45, 2.75) is 19.8 Å². The van der Waals surface area contributed by atoms with E-state index in [1.165, 1.54) is 6.21 Å². The summed E-state index contributed by atoms with van der Waals surface area (Å²) in [5.74, 6) is 0. The van der Waals surface area contributed by atoms with Crippen molar-refractivity contribution in [1.29, 1.82) is 0 Å². The van der Waals surface area contributed by atoms with Crippen LogP contribution in [0.2, 0.25) is 0 Å². The van der Waals surface area contributed by atoms with Gasteiger partial charge in [-0.1, -0.05) is 0 Å². The van der Waals surface area contributed by atoms with E-state index in [0.717, 1.165) is 0 Å². The van der Waals surface area contributed by atoms with E-state index in [4.69, 9.17) is 5.11 Å².